The van der Waals surface area contributed by atoms with Gasteiger partial charge in [0.25, 0.3) is 0 Å². The van der Waals surface area contributed by atoms with E-state index in [1.807, 2.05) is 6.92 Å². The van der Waals surface area contributed by atoms with E-state index >= 15 is 0 Å². The lowest BCUT2D eigenvalue weighted by molar-refractivity contribution is 0.0328. The van der Waals surface area contributed by atoms with Gasteiger partial charge >= 0.3 is 5.97 Å². The molecule has 0 amide bonds. The van der Waals surface area contributed by atoms with Crippen molar-refractivity contribution in [2.45, 2.75) is 38.8 Å². The van der Waals surface area contributed by atoms with Crippen LogP contribution in [0.25, 0.3) is 0 Å². The number of carbonyl (C=O) groups excluding carboxylic acids is 1. The quantitative estimate of drug-likeness (QED) is 0.831. The average Bonchev–Trinajstić information content (AvgIpc) is 2.64. The van der Waals surface area contributed by atoms with Crippen molar-refractivity contribution in [1.29, 1.82) is 0 Å². The maximum atomic E-state index is 11.6. The van der Waals surface area contributed by atoms with E-state index in [2.05, 4.69) is 10.3 Å². The third-order valence-electron chi connectivity index (χ3n) is 3.02. The zero-order valence-electron chi connectivity index (χ0n) is 10.9. The van der Waals surface area contributed by atoms with Crippen molar-refractivity contribution < 1.29 is 14.3 Å². The molecule has 0 bridgehead atoms. The van der Waals surface area contributed by atoms with Crippen molar-refractivity contribution >= 4 is 22.4 Å². The van der Waals surface area contributed by atoms with Crippen molar-refractivity contribution in [3.05, 3.63) is 10.6 Å². The minimum atomic E-state index is -0.345. The number of aromatic nitrogens is 1. The van der Waals surface area contributed by atoms with Gasteiger partial charge in [-0.15, -0.1) is 11.3 Å². The molecule has 1 N–H and O–H groups in total. The van der Waals surface area contributed by atoms with Gasteiger partial charge in [-0.3, -0.25) is 0 Å². The van der Waals surface area contributed by atoms with Gasteiger partial charge in [0.05, 0.1) is 12.7 Å². The Kier molecular flexibility index (Phi) is 4.19. The molecule has 6 heteroatoms. The van der Waals surface area contributed by atoms with E-state index in [0.29, 0.717) is 24.4 Å². The van der Waals surface area contributed by atoms with E-state index in [4.69, 9.17) is 9.47 Å². The highest BCUT2D eigenvalue weighted by Gasteiger charge is 2.30. The highest BCUT2D eigenvalue weighted by Crippen LogP contribution is 2.29. The van der Waals surface area contributed by atoms with Crippen LogP contribution in [0.2, 0.25) is 0 Å². The number of carbonyl (C=O) groups is 1. The molecular formula is C12H18N2O3S. The Labute approximate surface area is 111 Å². The first-order valence-corrected chi connectivity index (χ1v) is 6.89. The summed E-state index contributed by atoms with van der Waals surface area (Å²) in [7, 11) is 1.73. The van der Waals surface area contributed by atoms with Crippen LogP contribution in [0, 0.1) is 6.92 Å². The largest absolute Gasteiger partial charge is 0.461 e. The summed E-state index contributed by atoms with van der Waals surface area (Å²) < 4.78 is 10.2. The predicted octanol–water partition coefficient (Wildman–Crippen LogP) is 2.22. The first-order chi connectivity index (χ1) is 8.63. The molecular weight excluding hydrogens is 252 g/mol. The van der Waals surface area contributed by atoms with E-state index in [-0.39, 0.29) is 5.97 Å². The van der Waals surface area contributed by atoms with E-state index in [1.54, 1.807) is 14.0 Å². The number of rotatable bonds is 5. The Morgan fingerprint density at radius 2 is 2.28 bits per heavy atom. The molecule has 2 rings (SSSR count). The summed E-state index contributed by atoms with van der Waals surface area (Å²) in [5.41, 5.74) is 0.423. The van der Waals surface area contributed by atoms with Crippen molar-refractivity contribution in [1.82, 2.24) is 4.98 Å². The van der Waals surface area contributed by atoms with Crippen LogP contribution in [0.3, 0.4) is 0 Å². The van der Waals surface area contributed by atoms with Crippen LogP contribution in [0.5, 0.6) is 0 Å². The maximum Gasteiger partial charge on any atom is 0.358 e. The molecule has 5 nitrogen and oxygen atoms in total. The summed E-state index contributed by atoms with van der Waals surface area (Å²) in [4.78, 5) is 16.8. The van der Waals surface area contributed by atoms with Crippen molar-refractivity contribution in [3.63, 3.8) is 0 Å². The Morgan fingerprint density at radius 1 is 1.56 bits per heavy atom. The Morgan fingerprint density at radius 3 is 2.89 bits per heavy atom. The van der Waals surface area contributed by atoms with Gasteiger partial charge in [-0.1, -0.05) is 0 Å². The van der Waals surface area contributed by atoms with Gasteiger partial charge in [-0.05, 0) is 26.7 Å². The molecule has 0 saturated heterocycles. The minimum absolute atomic E-state index is 0.345. The normalized spacial score (nSPS) is 22.4. The van der Waals surface area contributed by atoms with E-state index in [9.17, 15) is 4.79 Å². The van der Waals surface area contributed by atoms with Crippen LogP contribution in [0.4, 0.5) is 5.13 Å². The number of thiazole rings is 1. The third-order valence-corrected chi connectivity index (χ3v) is 3.92. The van der Waals surface area contributed by atoms with E-state index < -0.39 is 0 Å². The summed E-state index contributed by atoms with van der Waals surface area (Å²) in [6.07, 6.45) is 2.33. The van der Waals surface area contributed by atoms with E-state index in [0.717, 1.165) is 22.9 Å². The fraction of sp³-hybridized carbons (Fsp3) is 0.667. The fourth-order valence-corrected chi connectivity index (χ4v) is 2.78. The molecule has 0 spiro atoms. The maximum absolute atomic E-state index is 11.6. The van der Waals surface area contributed by atoms with Crippen molar-refractivity contribution in [3.8, 4) is 0 Å². The molecule has 1 fully saturated rings. The number of ether oxygens (including phenoxy) is 2. The van der Waals surface area contributed by atoms with Gasteiger partial charge in [0, 0.05) is 18.0 Å². The smallest absolute Gasteiger partial charge is 0.358 e. The van der Waals surface area contributed by atoms with Crippen molar-refractivity contribution in [2.75, 3.05) is 19.0 Å². The van der Waals surface area contributed by atoms with Crippen LogP contribution >= 0.6 is 11.3 Å². The number of esters is 1. The Balaban J connectivity index is 1.94. The molecule has 1 saturated carbocycles. The molecule has 0 radical (unpaired) electrons. The van der Waals surface area contributed by atoms with E-state index in [1.165, 1.54) is 11.3 Å². The molecule has 18 heavy (non-hydrogen) atoms. The van der Waals surface area contributed by atoms with Crippen LogP contribution in [0.15, 0.2) is 0 Å². The number of aryl methyl sites for hydroxylation is 1. The average molecular weight is 270 g/mol. The highest BCUT2D eigenvalue weighted by atomic mass is 32.1. The number of nitrogens with zero attached hydrogens (tertiary/aromatic N) is 1. The third kappa shape index (κ3) is 2.81. The number of hydrogen-bond acceptors (Lipinski definition) is 6. The molecule has 0 atom stereocenters. The van der Waals surface area contributed by atoms with Gasteiger partial charge in [-0.2, -0.15) is 0 Å². The van der Waals surface area contributed by atoms with Crippen LogP contribution in [-0.2, 0) is 9.47 Å². The predicted molar refractivity (Wildman–Crippen MR) is 70.2 cm³/mol. The molecule has 1 aromatic heterocycles. The molecule has 1 aliphatic rings. The first kappa shape index (κ1) is 13.3. The molecule has 1 aliphatic carbocycles. The minimum Gasteiger partial charge on any atom is -0.461 e. The second-order valence-electron chi connectivity index (χ2n) is 4.31. The summed E-state index contributed by atoms with van der Waals surface area (Å²) in [5, 5.41) is 4.11. The Hall–Kier alpha value is -1.14. The van der Waals surface area contributed by atoms with Gasteiger partial charge in [-0.25, -0.2) is 9.78 Å². The summed E-state index contributed by atoms with van der Waals surface area (Å²) in [6, 6.07) is 0.399. The number of methoxy groups -OCH3 is 1. The van der Waals surface area contributed by atoms with Crippen LogP contribution in [0.1, 0.15) is 35.1 Å². The molecule has 0 aromatic carbocycles. The van der Waals surface area contributed by atoms with Crippen molar-refractivity contribution in [2.24, 2.45) is 0 Å². The number of hydrogen-bond donors (Lipinski definition) is 1. The Bertz CT molecular complexity index is 427. The summed E-state index contributed by atoms with van der Waals surface area (Å²) >= 11 is 1.49. The SMILES string of the molecule is CCOC(=O)c1nc(NC2CC(OC)C2)sc1C. The molecule has 1 heterocycles. The first-order valence-electron chi connectivity index (χ1n) is 6.08. The zero-order valence-corrected chi connectivity index (χ0v) is 11.7. The second kappa shape index (κ2) is 5.67. The lowest BCUT2D eigenvalue weighted by Crippen LogP contribution is -2.40. The number of nitrogens with one attached hydrogen (secondary N) is 1. The lowest BCUT2D eigenvalue weighted by Gasteiger charge is -2.34. The lowest BCUT2D eigenvalue weighted by atomic mass is 9.89. The van der Waals surface area contributed by atoms with Crippen LogP contribution in [-0.4, -0.2) is 36.8 Å². The highest BCUT2D eigenvalue weighted by molar-refractivity contribution is 7.15. The fourth-order valence-electron chi connectivity index (χ4n) is 1.90. The summed E-state index contributed by atoms with van der Waals surface area (Å²) in [6.45, 7) is 4.04. The van der Waals surface area contributed by atoms with Crippen LogP contribution < -0.4 is 5.32 Å². The molecule has 0 aliphatic heterocycles. The zero-order chi connectivity index (χ0) is 13.1. The summed E-state index contributed by atoms with van der Waals surface area (Å²) in [5.74, 6) is -0.345. The molecule has 1 aromatic rings. The van der Waals surface area contributed by atoms with Gasteiger partial charge in [0.1, 0.15) is 0 Å². The number of anilines is 1. The van der Waals surface area contributed by atoms with Gasteiger partial charge < -0.3 is 14.8 Å². The monoisotopic (exact) mass is 270 g/mol. The molecule has 0 unspecified atom stereocenters. The standard InChI is InChI=1S/C12H18N2O3S/c1-4-17-11(15)10-7(2)18-12(14-10)13-8-5-9(6-8)16-3/h8-9H,4-6H2,1-3H3,(H,13,14). The second-order valence-corrected chi connectivity index (χ2v) is 5.52. The topological polar surface area (TPSA) is 60.5 Å². The molecule has 100 valence electrons. The van der Waals surface area contributed by atoms with Gasteiger partial charge in [0.15, 0.2) is 10.8 Å². The van der Waals surface area contributed by atoms with Gasteiger partial charge in [0.2, 0.25) is 0 Å².